The minimum Gasteiger partial charge on any atom is -0.496 e. The van der Waals surface area contributed by atoms with Crippen molar-refractivity contribution < 1.29 is 13.9 Å². The van der Waals surface area contributed by atoms with E-state index >= 15 is 0 Å². The predicted molar refractivity (Wildman–Crippen MR) is 71.4 cm³/mol. The Morgan fingerprint density at radius 1 is 1.37 bits per heavy atom. The van der Waals surface area contributed by atoms with Gasteiger partial charge in [-0.15, -0.1) is 0 Å². The lowest BCUT2D eigenvalue weighted by atomic mass is 9.88. The smallest absolute Gasteiger partial charge is 0.223 e. The summed E-state index contributed by atoms with van der Waals surface area (Å²) in [5, 5.41) is 2.88. The Labute approximate surface area is 113 Å². The molecule has 0 radical (unpaired) electrons. The van der Waals surface area contributed by atoms with Crippen molar-refractivity contribution >= 4 is 5.91 Å². The molecule has 1 N–H and O–H groups in total. The van der Waals surface area contributed by atoms with Gasteiger partial charge in [0, 0.05) is 18.0 Å². The first-order chi connectivity index (χ1) is 9.20. The molecule has 0 atom stereocenters. The van der Waals surface area contributed by atoms with E-state index < -0.39 is 0 Å². The molecule has 3 nitrogen and oxygen atoms in total. The van der Waals surface area contributed by atoms with Crippen molar-refractivity contribution in [1.29, 1.82) is 0 Å². The number of amides is 1. The molecule has 2 rings (SSSR count). The third kappa shape index (κ3) is 3.69. The van der Waals surface area contributed by atoms with Crippen LogP contribution in [0.25, 0.3) is 0 Å². The fourth-order valence-electron chi connectivity index (χ4n) is 2.58. The van der Waals surface area contributed by atoms with Gasteiger partial charge in [-0.2, -0.15) is 0 Å². The number of benzene rings is 1. The van der Waals surface area contributed by atoms with Crippen LogP contribution in [-0.4, -0.2) is 13.0 Å². The minimum atomic E-state index is -0.317. The fraction of sp³-hybridized carbons (Fsp3) is 0.533. The molecule has 104 valence electrons. The first-order valence-electron chi connectivity index (χ1n) is 6.81. The molecule has 0 spiro atoms. The maximum Gasteiger partial charge on any atom is 0.223 e. The molecule has 0 aliphatic heterocycles. The van der Waals surface area contributed by atoms with Crippen LogP contribution in [-0.2, 0) is 11.3 Å². The number of hydrogen-bond donors (Lipinski definition) is 1. The Morgan fingerprint density at radius 2 is 2.11 bits per heavy atom. The van der Waals surface area contributed by atoms with Crippen molar-refractivity contribution in [3.05, 3.63) is 29.6 Å². The van der Waals surface area contributed by atoms with Crippen LogP contribution in [0, 0.1) is 11.7 Å². The van der Waals surface area contributed by atoms with Crippen LogP contribution < -0.4 is 10.1 Å². The summed E-state index contributed by atoms with van der Waals surface area (Å²) < 4.78 is 18.4. The second kappa shape index (κ2) is 6.55. The molecule has 1 amide bonds. The van der Waals surface area contributed by atoms with Gasteiger partial charge in [-0.25, -0.2) is 4.39 Å². The van der Waals surface area contributed by atoms with Crippen molar-refractivity contribution in [2.75, 3.05) is 7.11 Å². The number of carbonyl (C=O) groups excluding carboxylic acids is 1. The van der Waals surface area contributed by atoms with E-state index in [0.29, 0.717) is 17.9 Å². The number of rotatable bonds is 4. The van der Waals surface area contributed by atoms with Gasteiger partial charge in [0.2, 0.25) is 5.91 Å². The van der Waals surface area contributed by atoms with Crippen molar-refractivity contribution in [2.45, 2.75) is 38.6 Å². The van der Waals surface area contributed by atoms with Crippen LogP contribution in [0.3, 0.4) is 0 Å². The summed E-state index contributed by atoms with van der Waals surface area (Å²) in [6.07, 6.45) is 5.41. The molecule has 1 aromatic carbocycles. The van der Waals surface area contributed by atoms with E-state index in [0.717, 1.165) is 25.7 Å². The monoisotopic (exact) mass is 265 g/mol. The second-order valence-electron chi connectivity index (χ2n) is 5.01. The van der Waals surface area contributed by atoms with Crippen LogP contribution in [0.1, 0.15) is 37.7 Å². The third-order valence-corrected chi connectivity index (χ3v) is 3.67. The summed E-state index contributed by atoms with van der Waals surface area (Å²) in [4.78, 5) is 12.0. The summed E-state index contributed by atoms with van der Waals surface area (Å²) in [5.41, 5.74) is 0.673. The summed E-state index contributed by atoms with van der Waals surface area (Å²) >= 11 is 0. The zero-order chi connectivity index (χ0) is 13.7. The number of methoxy groups -OCH3 is 1. The lowest BCUT2D eigenvalue weighted by Gasteiger charge is -2.21. The van der Waals surface area contributed by atoms with E-state index in [1.54, 1.807) is 13.2 Å². The van der Waals surface area contributed by atoms with Crippen molar-refractivity contribution in [3.8, 4) is 5.75 Å². The number of halogens is 1. The predicted octanol–water partition coefficient (Wildman–Crippen LogP) is 3.03. The first kappa shape index (κ1) is 13.8. The van der Waals surface area contributed by atoms with Crippen molar-refractivity contribution in [3.63, 3.8) is 0 Å². The molecular weight excluding hydrogens is 245 g/mol. The Kier molecular flexibility index (Phi) is 4.77. The van der Waals surface area contributed by atoms with E-state index in [1.165, 1.54) is 18.6 Å². The van der Waals surface area contributed by atoms with Gasteiger partial charge in [0.25, 0.3) is 0 Å². The van der Waals surface area contributed by atoms with Gasteiger partial charge >= 0.3 is 0 Å². The largest absolute Gasteiger partial charge is 0.496 e. The van der Waals surface area contributed by atoms with Crippen LogP contribution >= 0.6 is 0 Å². The van der Waals surface area contributed by atoms with E-state index in [1.807, 2.05) is 0 Å². The molecule has 1 saturated carbocycles. The number of ether oxygens (including phenoxy) is 1. The molecule has 0 aromatic heterocycles. The van der Waals surface area contributed by atoms with Crippen LogP contribution in [0.2, 0.25) is 0 Å². The van der Waals surface area contributed by atoms with E-state index in [4.69, 9.17) is 4.74 Å². The van der Waals surface area contributed by atoms with Gasteiger partial charge in [-0.1, -0.05) is 19.3 Å². The normalized spacial score (nSPS) is 16.1. The highest BCUT2D eigenvalue weighted by Gasteiger charge is 2.20. The van der Waals surface area contributed by atoms with E-state index in [9.17, 15) is 9.18 Å². The minimum absolute atomic E-state index is 0.0750. The van der Waals surface area contributed by atoms with Gasteiger partial charge in [0.1, 0.15) is 11.6 Å². The highest BCUT2D eigenvalue weighted by molar-refractivity contribution is 5.78. The van der Waals surface area contributed by atoms with Crippen LogP contribution in [0.4, 0.5) is 4.39 Å². The summed E-state index contributed by atoms with van der Waals surface area (Å²) in [6.45, 7) is 0.316. The molecule has 4 heteroatoms. The van der Waals surface area contributed by atoms with Gasteiger partial charge in [0.15, 0.2) is 0 Å². The van der Waals surface area contributed by atoms with Gasteiger partial charge < -0.3 is 10.1 Å². The highest BCUT2D eigenvalue weighted by atomic mass is 19.1. The number of nitrogens with one attached hydrogen (secondary N) is 1. The second-order valence-corrected chi connectivity index (χ2v) is 5.01. The summed E-state index contributed by atoms with van der Waals surface area (Å²) in [6, 6.07) is 4.34. The molecule has 0 heterocycles. The standard InChI is InChI=1S/C15H20FNO2/c1-19-14-8-7-13(16)9-12(14)10-17-15(18)11-5-3-2-4-6-11/h7-9,11H,2-6,10H2,1H3,(H,17,18). The molecule has 1 aliphatic rings. The quantitative estimate of drug-likeness (QED) is 0.908. The zero-order valence-corrected chi connectivity index (χ0v) is 11.2. The Hall–Kier alpha value is -1.58. The lowest BCUT2D eigenvalue weighted by Crippen LogP contribution is -2.31. The maximum atomic E-state index is 13.2. The molecule has 1 fully saturated rings. The molecule has 0 saturated heterocycles. The molecule has 0 bridgehead atoms. The molecule has 19 heavy (non-hydrogen) atoms. The maximum absolute atomic E-state index is 13.2. The fourth-order valence-corrected chi connectivity index (χ4v) is 2.58. The van der Waals surface area contributed by atoms with E-state index in [-0.39, 0.29) is 17.6 Å². The van der Waals surface area contributed by atoms with E-state index in [2.05, 4.69) is 5.32 Å². The summed E-state index contributed by atoms with van der Waals surface area (Å²) in [5.74, 6) is 0.479. The molecule has 1 aliphatic carbocycles. The molecule has 0 unspecified atom stereocenters. The molecular formula is C15H20FNO2. The Morgan fingerprint density at radius 3 is 2.79 bits per heavy atom. The van der Waals surface area contributed by atoms with Crippen LogP contribution in [0.15, 0.2) is 18.2 Å². The first-order valence-corrected chi connectivity index (χ1v) is 6.81. The zero-order valence-electron chi connectivity index (χ0n) is 11.2. The molecule has 1 aromatic rings. The highest BCUT2D eigenvalue weighted by Crippen LogP contribution is 2.24. The number of carbonyl (C=O) groups is 1. The van der Waals surface area contributed by atoms with Crippen molar-refractivity contribution in [1.82, 2.24) is 5.32 Å². The van der Waals surface area contributed by atoms with Gasteiger partial charge in [-0.3, -0.25) is 4.79 Å². The average molecular weight is 265 g/mol. The summed E-state index contributed by atoms with van der Waals surface area (Å²) in [7, 11) is 1.54. The lowest BCUT2D eigenvalue weighted by molar-refractivity contribution is -0.126. The Bertz CT molecular complexity index is 442. The number of hydrogen-bond acceptors (Lipinski definition) is 2. The van der Waals surface area contributed by atoms with Crippen LogP contribution in [0.5, 0.6) is 5.75 Å². The SMILES string of the molecule is COc1ccc(F)cc1CNC(=O)C1CCCCC1. The topological polar surface area (TPSA) is 38.3 Å². The van der Waals surface area contributed by atoms with Crippen molar-refractivity contribution in [2.24, 2.45) is 5.92 Å². The Balaban J connectivity index is 1.94. The third-order valence-electron chi connectivity index (χ3n) is 3.67. The van der Waals surface area contributed by atoms with Gasteiger partial charge in [-0.05, 0) is 31.0 Å². The average Bonchev–Trinajstić information content (AvgIpc) is 2.46. The van der Waals surface area contributed by atoms with Gasteiger partial charge in [0.05, 0.1) is 7.11 Å².